The Hall–Kier alpha value is -2.03. The Bertz CT molecular complexity index is 952. The summed E-state index contributed by atoms with van der Waals surface area (Å²) in [5, 5.41) is 12.1. The molecule has 0 bridgehead atoms. The van der Waals surface area contributed by atoms with Gasteiger partial charge >= 0.3 is 6.18 Å². The quantitative estimate of drug-likeness (QED) is 0.537. The first-order valence-electron chi connectivity index (χ1n) is 13.0. The Morgan fingerprint density at radius 1 is 1.03 bits per heavy atom. The van der Waals surface area contributed by atoms with Gasteiger partial charge in [0.05, 0.1) is 17.6 Å². The standard InChI is InChI=1S/C28H35F3N2O/c1-27-13-12-22-21-9-7-20(28(29,30)31)14-19(21)6-8-23(22)24(27)10-11-25(27)26(34)33-16-18-4-2-17(15-32)3-5-18/h2-5,19-25H,6-14,16H2,1H3,(H,33,34). The van der Waals surface area contributed by atoms with Crippen molar-refractivity contribution in [2.24, 2.45) is 46.8 Å². The molecule has 3 nitrogen and oxygen atoms in total. The first-order chi connectivity index (χ1) is 16.2. The van der Waals surface area contributed by atoms with Gasteiger partial charge in [-0.1, -0.05) is 19.1 Å². The first-order valence-corrected chi connectivity index (χ1v) is 13.0. The number of nitriles is 1. The van der Waals surface area contributed by atoms with Crippen molar-refractivity contribution in [2.75, 3.05) is 0 Å². The molecule has 6 heteroatoms. The summed E-state index contributed by atoms with van der Waals surface area (Å²) in [4.78, 5) is 13.3. The number of rotatable bonds is 3. The SMILES string of the molecule is CC12CCC3C4CCC(C(F)(F)F)CC4CCC3C1CCC2C(=O)NCc1ccc(C#N)cc1. The van der Waals surface area contributed by atoms with Crippen molar-refractivity contribution in [3.63, 3.8) is 0 Å². The van der Waals surface area contributed by atoms with Gasteiger partial charge in [0.25, 0.3) is 0 Å². The summed E-state index contributed by atoms with van der Waals surface area (Å²) >= 11 is 0. The third kappa shape index (κ3) is 4.14. The molecule has 1 aromatic carbocycles. The van der Waals surface area contributed by atoms with Crippen LogP contribution in [0.25, 0.3) is 0 Å². The number of carbonyl (C=O) groups excluding carboxylic acids is 1. The van der Waals surface area contributed by atoms with E-state index in [9.17, 15) is 18.0 Å². The molecule has 0 aromatic heterocycles. The molecule has 1 aromatic rings. The van der Waals surface area contributed by atoms with Crippen molar-refractivity contribution in [3.05, 3.63) is 35.4 Å². The number of fused-ring (bicyclic) bond motifs is 5. The van der Waals surface area contributed by atoms with Crippen molar-refractivity contribution in [1.29, 1.82) is 5.26 Å². The zero-order valence-electron chi connectivity index (χ0n) is 19.9. The molecule has 1 amide bonds. The van der Waals surface area contributed by atoms with E-state index in [-0.39, 0.29) is 23.2 Å². The average Bonchev–Trinajstić information content (AvgIpc) is 3.19. The number of carbonyl (C=O) groups is 1. The number of nitrogens with one attached hydrogen (secondary N) is 1. The van der Waals surface area contributed by atoms with Gasteiger partial charge in [0, 0.05) is 12.5 Å². The monoisotopic (exact) mass is 472 g/mol. The Morgan fingerprint density at radius 3 is 2.47 bits per heavy atom. The van der Waals surface area contributed by atoms with Crippen molar-refractivity contribution in [2.45, 2.75) is 77.4 Å². The number of hydrogen-bond donors (Lipinski definition) is 1. The van der Waals surface area contributed by atoms with E-state index in [0.717, 1.165) is 50.5 Å². The van der Waals surface area contributed by atoms with Crippen LogP contribution in [-0.4, -0.2) is 12.1 Å². The summed E-state index contributed by atoms with van der Waals surface area (Å²) in [5.41, 5.74) is 1.59. The Balaban J connectivity index is 1.23. The fourth-order valence-electron chi connectivity index (χ4n) is 8.59. The fraction of sp³-hybridized carbons (Fsp3) is 0.714. The van der Waals surface area contributed by atoms with Gasteiger partial charge in [-0.25, -0.2) is 0 Å². The molecule has 4 saturated carbocycles. The second-order valence-electron chi connectivity index (χ2n) is 11.7. The Labute approximate surface area is 200 Å². The predicted molar refractivity (Wildman–Crippen MR) is 123 cm³/mol. The normalized spacial score (nSPS) is 39.3. The van der Waals surface area contributed by atoms with E-state index in [4.69, 9.17) is 5.26 Å². The Kier molecular flexibility index (Phi) is 6.19. The lowest BCUT2D eigenvalue weighted by Crippen LogP contribution is -2.51. The van der Waals surface area contributed by atoms with Gasteiger partial charge in [0.2, 0.25) is 5.91 Å². The second kappa shape index (κ2) is 8.88. The van der Waals surface area contributed by atoms with Gasteiger partial charge in [-0.15, -0.1) is 0 Å². The summed E-state index contributed by atoms with van der Waals surface area (Å²) < 4.78 is 40.0. The molecule has 0 aliphatic heterocycles. The van der Waals surface area contributed by atoms with Crippen LogP contribution in [0.15, 0.2) is 24.3 Å². The average molecular weight is 473 g/mol. The molecular weight excluding hydrogens is 437 g/mol. The zero-order valence-corrected chi connectivity index (χ0v) is 19.9. The number of benzene rings is 1. The Morgan fingerprint density at radius 2 is 1.76 bits per heavy atom. The molecule has 0 heterocycles. The molecule has 4 fully saturated rings. The maximum absolute atomic E-state index is 13.3. The minimum atomic E-state index is -4.04. The summed E-state index contributed by atoms with van der Waals surface area (Å²) in [5.74, 6) is 1.35. The van der Waals surface area contributed by atoms with Crippen LogP contribution >= 0.6 is 0 Å². The molecule has 0 spiro atoms. The van der Waals surface area contributed by atoms with Crippen molar-refractivity contribution < 1.29 is 18.0 Å². The third-order valence-electron chi connectivity index (χ3n) is 10.3. The molecule has 0 radical (unpaired) electrons. The van der Waals surface area contributed by atoms with Crippen molar-refractivity contribution >= 4 is 5.91 Å². The van der Waals surface area contributed by atoms with Crippen LogP contribution in [0, 0.1) is 58.2 Å². The van der Waals surface area contributed by atoms with Crippen LogP contribution in [0.4, 0.5) is 13.2 Å². The largest absolute Gasteiger partial charge is 0.391 e. The molecule has 4 aliphatic rings. The number of amides is 1. The van der Waals surface area contributed by atoms with Gasteiger partial charge in [-0.2, -0.15) is 18.4 Å². The van der Waals surface area contributed by atoms with Gasteiger partial charge in [0.15, 0.2) is 0 Å². The predicted octanol–water partition coefficient (Wildman–Crippen LogP) is 6.62. The van der Waals surface area contributed by atoms with Gasteiger partial charge in [-0.05, 0) is 110 Å². The molecule has 8 atom stereocenters. The summed E-state index contributed by atoms with van der Waals surface area (Å²) in [6.07, 6.45) is 3.34. The molecule has 8 unspecified atom stereocenters. The van der Waals surface area contributed by atoms with E-state index in [0.29, 0.717) is 48.6 Å². The van der Waals surface area contributed by atoms with E-state index in [1.807, 2.05) is 12.1 Å². The number of hydrogen-bond acceptors (Lipinski definition) is 2. The lowest BCUT2D eigenvalue weighted by Gasteiger charge is -2.56. The van der Waals surface area contributed by atoms with E-state index in [2.05, 4.69) is 18.3 Å². The molecule has 5 rings (SSSR count). The lowest BCUT2D eigenvalue weighted by atomic mass is 9.49. The molecule has 34 heavy (non-hydrogen) atoms. The van der Waals surface area contributed by atoms with Crippen molar-refractivity contribution in [3.8, 4) is 6.07 Å². The fourth-order valence-corrected chi connectivity index (χ4v) is 8.59. The van der Waals surface area contributed by atoms with Crippen LogP contribution in [0.5, 0.6) is 0 Å². The van der Waals surface area contributed by atoms with Gasteiger partial charge in [-0.3, -0.25) is 4.79 Å². The minimum absolute atomic E-state index is 0.00801. The summed E-state index contributed by atoms with van der Waals surface area (Å²) in [7, 11) is 0. The first kappa shape index (κ1) is 23.7. The van der Waals surface area contributed by atoms with E-state index in [1.165, 1.54) is 0 Å². The summed E-state index contributed by atoms with van der Waals surface area (Å²) in [6, 6.07) is 9.42. The maximum Gasteiger partial charge on any atom is 0.391 e. The molecule has 1 N–H and O–H groups in total. The van der Waals surface area contributed by atoms with E-state index < -0.39 is 12.1 Å². The van der Waals surface area contributed by atoms with Crippen LogP contribution in [0.1, 0.15) is 75.8 Å². The zero-order chi connectivity index (χ0) is 24.1. The van der Waals surface area contributed by atoms with Crippen LogP contribution in [0.2, 0.25) is 0 Å². The van der Waals surface area contributed by atoms with Crippen LogP contribution in [0.3, 0.4) is 0 Å². The number of halogens is 3. The number of nitrogens with zero attached hydrogens (tertiary/aromatic N) is 1. The number of alkyl halides is 3. The minimum Gasteiger partial charge on any atom is -0.352 e. The second-order valence-corrected chi connectivity index (χ2v) is 11.7. The van der Waals surface area contributed by atoms with Gasteiger partial charge < -0.3 is 5.32 Å². The highest BCUT2D eigenvalue weighted by Gasteiger charge is 2.59. The lowest BCUT2D eigenvalue weighted by molar-refractivity contribution is -0.196. The topological polar surface area (TPSA) is 52.9 Å². The van der Waals surface area contributed by atoms with Crippen LogP contribution in [-0.2, 0) is 11.3 Å². The van der Waals surface area contributed by atoms with Crippen LogP contribution < -0.4 is 5.32 Å². The van der Waals surface area contributed by atoms with Crippen molar-refractivity contribution in [1.82, 2.24) is 5.32 Å². The summed E-state index contributed by atoms with van der Waals surface area (Å²) in [6.45, 7) is 2.78. The van der Waals surface area contributed by atoms with Gasteiger partial charge in [0.1, 0.15) is 0 Å². The highest BCUT2D eigenvalue weighted by molar-refractivity contribution is 5.80. The highest BCUT2D eigenvalue weighted by atomic mass is 19.4. The highest BCUT2D eigenvalue weighted by Crippen LogP contribution is 2.64. The molecule has 0 saturated heterocycles. The molecule has 4 aliphatic carbocycles. The molecular formula is C28H35F3N2O. The van der Waals surface area contributed by atoms with E-state index >= 15 is 0 Å². The smallest absolute Gasteiger partial charge is 0.352 e. The third-order valence-corrected chi connectivity index (χ3v) is 10.3. The molecule has 184 valence electrons. The maximum atomic E-state index is 13.3. The van der Waals surface area contributed by atoms with E-state index in [1.54, 1.807) is 12.1 Å².